The van der Waals surface area contributed by atoms with E-state index in [-0.39, 0.29) is 17.9 Å². The minimum Gasteiger partial charge on any atom is -0.497 e. The van der Waals surface area contributed by atoms with Gasteiger partial charge in [-0.1, -0.05) is 5.16 Å². The van der Waals surface area contributed by atoms with Crippen LogP contribution in [0.1, 0.15) is 31.2 Å². The van der Waals surface area contributed by atoms with Crippen molar-refractivity contribution in [2.24, 2.45) is 17.6 Å². The Morgan fingerprint density at radius 2 is 2.06 bits per heavy atom. The van der Waals surface area contributed by atoms with Crippen molar-refractivity contribution >= 4 is 11.9 Å². The molecular formula is C25H31N5O4. The number of primary amides is 1. The summed E-state index contributed by atoms with van der Waals surface area (Å²) in [7, 11) is 1.64. The molecule has 0 bridgehead atoms. The topological polar surface area (TPSA) is 111 Å². The van der Waals surface area contributed by atoms with Gasteiger partial charge in [0.2, 0.25) is 11.7 Å². The third-order valence-electron chi connectivity index (χ3n) is 7.09. The van der Waals surface area contributed by atoms with Gasteiger partial charge in [0, 0.05) is 42.7 Å². The van der Waals surface area contributed by atoms with E-state index in [2.05, 4.69) is 19.9 Å². The third kappa shape index (κ3) is 4.94. The van der Waals surface area contributed by atoms with E-state index in [0.29, 0.717) is 37.1 Å². The van der Waals surface area contributed by atoms with Crippen molar-refractivity contribution in [2.75, 3.05) is 31.6 Å². The smallest absolute Gasteiger partial charge is 0.324 e. The third-order valence-corrected chi connectivity index (χ3v) is 7.09. The molecule has 1 amide bonds. The molecule has 0 aliphatic carbocycles. The number of anilines is 1. The highest BCUT2D eigenvalue weighted by atomic mass is 16.5. The molecule has 1 aromatic carbocycles. The molecule has 2 N–H and O–H groups in total. The van der Waals surface area contributed by atoms with Crippen LogP contribution in [0.4, 0.5) is 6.01 Å². The van der Waals surface area contributed by atoms with E-state index in [4.69, 9.17) is 19.4 Å². The number of nitrogens with two attached hydrogens (primary N) is 1. The lowest BCUT2D eigenvalue weighted by atomic mass is 9.85. The quantitative estimate of drug-likeness (QED) is 0.539. The molecule has 2 saturated heterocycles. The summed E-state index contributed by atoms with van der Waals surface area (Å²) in [4.78, 5) is 21.3. The van der Waals surface area contributed by atoms with Gasteiger partial charge in [0.25, 0.3) is 0 Å². The lowest BCUT2D eigenvalue weighted by Gasteiger charge is -2.38. The number of hydrogen-bond acceptors (Lipinski definition) is 8. The number of nitrogens with zero attached hydrogens (tertiary/aromatic N) is 4. The Morgan fingerprint density at radius 1 is 1.21 bits per heavy atom. The summed E-state index contributed by atoms with van der Waals surface area (Å²) in [6.45, 7) is 3.66. The molecule has 2 aromatic heterocycles. The molecule has 5 rings (SSSR count). The minimum absolute atomic E-state index is 0.117. The van der Waals surface area contributed by atoms with Crippen molar-refractivity contribution in [1.82, 2.24) is 15.0 Å². The van der Waals surface area contributed by atoms with Crippen LogP contribution in [-0.4, -0.2) is 53.7 Å². The Balaban J connectivity index is 1.28. The first-order valence-corrected chi connectivity index (χ1v) is 11.9. The zero-order valence-corrected chi connectivity index (χ0v) is 19.4. The summed E-state index contributed by atoms with van der Waals surface area (Å²) in [5.74, 6) is 1.52. The number of carbonyl (C=O) groups is 1. The SMILES string of the molecule is COc1ccc(-c2noc(N3CCC(C(N)=O)CC3CC3CCN(Cc4ccoc4)C3)n2)cc1. The van der Waals surface area contributed by atoms with E-state index in [1.807, 2.05) is 36.6 Å². The Bertz CT molecular complexity index is 1080. The van der Waals surface area contributed by atoms with Crippen LogP contribution in [0.3, 0.4) is 0 Å². The average Bonchev–Trinajstić information content (AvgIpc) is 3.62. The predicted molar refractivity (Wildman–Crippen MR) is 126 cm³/mol. The van der Waals surface area contributed by atoms with Crippen LogP contribution in [0.2, 0.25) is 0 Å². The van der Waals surface area contributed by atoms with Crippen LogP contribution >= 0.6 is 0 Å². The molecule has 2 aliphatic heterocycles. The number of carbonyl (C=O) groups excluding carboxylic acids is 1. The van der Waals surface area contributed by atoms with E-state index in [0.717, 1.165) is 43.8 Å². The number of piperidine rings is 1. The molecule has 34 heavy (non-hydrogen) atoms. The van der Waals surface area contributed by atoms with Crippen LogP contribution in [0.15, 0.2) is 51.8 Å². The molecule has 9 heteroatoms. The average molecular weight is 466 g/mol. The lowest BCUT2D eigenvalue weighted by Crippen LogP contribution is -2.47. The molecule has 3 unspecified atom stereocenters. The summed E-state index contributed by atoms with van der Waals surface area (Å²) in [6.07, 6.45) is 7.04. The monoisotopic (exact) mass is 465 g/mol. The van der Waals surface area contributed by atoms with Gasteiger partial charge in [-0.3, -0.25) is 9.69 Å². The lowest BCUT2D eigenvalue weighted by molar-refractivity contribution is -0.122. The molecule has 4 heterocycles. The molecule has 0 spiro atoms. The fraction of sp³-hybridized carbons (Fsp3) is 0.480. The molecule has 0 saturated carbocycles. The van der Waals surface area contributed by atoms with Gasteiger partial charge in [0.1, 0.15) is 5.75 Å². The van der Waals surface area contributed by atoms with Crippen LogP contribution in [0.5, 0.6) is 5.75 Å². The van der Waals surface area contributed by atoms with Crippen molar-refractivity contribution in [3.8, 4) is 17.1 Å². The number of methoxy groups -OCH3 is 1. The standard InChI is InChI=1S/C25H31N5O4/c1-32-22-4-2-19(3-5-22)24-27-25(34-28-24)30-10-7-20(23(26)31)13-21(30)12-17-6-9-29(14-17)15-18-8-11-33-16-18/h2-5,8,11,16-17,20-21H,6-7,9-10,12-15H2,1H3,(H2,26,31). The maximum Gasteiger partial charge on any atom is 0.324 e. The molecular weight excluding hydrogens is 434 g/mol. The van der Waals surface area contributed by atoms with Crippen LogP contribution in [-0.2, 0) is 11.3 Å². The first-order valence-electron chi connectivity index (χ1n) is 11.9. The van der Waals surface area contributed by atoms with Crippen molar-refractivity contribution in [1.29, 1.82) is 0 Å². The van der Waals surface area contributed by atoms with Gasteiger partial charge in [-0.05, 0) is 68.5 Å². The van der Waals surface area contributed by atoms with E-state index < -0.39 is 0 Å². The number of aromatic nitrogens is 2. The van der Waals surface area contributed by atoms with Gasteiger partial charge in [-0.15, -0.1) is 0 Å². The Labute approximate surface area is 198 Å². The zero-order chi connectivity index (χ0) is 23.5. The van der Waals surface area contributed by atoms with Crippen molar-refractivity contribution in [3.63, 3.8) is 0 Å². The summed E-state index contributed by atoms with van der Waals surface area (Å²) >= 11 is 0. The van der Waals surface area contributed by atoms with Crippen LogP contribution < -0.4 is 15.4 Å². The van der Waals surface area contributed by atoms with Gasteiger partial charge in [0.05, 0.1) is 19.6 Å². The van der Waals surface area contributed by atoms with Crippen LogP contribution in [0, 0.1) is 11.8 Å². The molecule has 0 radical (unpaired) electrons. The number of ether oxygens (including phenoxy) is 1. The van der Waals surface area contributed by atoms with E-state index >= 15 is 0 Å². The molecule has 2 aliphatic rings. The fourth-order valence-corrected chi connectivity index (χ4v) is 5.25. The van der Waals surface area contributed by atoms with Crippen LogP contribution in [0.25, 0.3) is 11.4 Å². The minimum atomic E-state index is -0.220. The molecule has 3 aromatic rings. The number of benzene rings is 1. The number of furan rings is 1. The number of rotatable bonds is 8. The first kappa shape index (κ1) is 22.5. The summed E-state index contributed by atoms with van der Waals surface area (Å²) in [6, 6.07) is 10.2. The molecule has 9 nitrogen and oxygen atoms in total. The highest BCUT2D eigenvalue weighted by molar-refractivity contribution is 5.77. The van der Waals surface area contributed by atoms with Gasteiger partial charge in [-0.2, -0.15) is 4.98 Å². The van der Waals surface area contributed by atoms with Crippen molar-refractivity contribution < 1.29 is 18.5 Å². The second-order valence-corrected chi connectivity index (χ2v) is 9.36. The fourth-order valence-electron chi connectivity index (χ4n) is 5.25. The molecule has 180 valence electrons. The van der Waals surface area contributed by atoms with E-state index in [1.165, 1.54) is 5.56 Å². The van der Waals surface area contributed by atoms with E-state index in [1.54, 1.807) is 13.4 Å². The number of likely N-dealkylation sites (tertiary alicyclic amines) is 1. The van der Waals surface area contributed by atoms with Crippen molar-refractivity contribution in [3.05, 3.63) is 48.4 Å². The largest absolute Gasteiger partial charge is 0.497 e. The Morgan fingerprint density at radius 3 is 2.79 bits per heavy atom. The Kier molecular flexibility index (Phi) is 6.53. The van der Waals surface area contributed by atoms with Gasteiger partial charge in [0.15, 0.2) is 0 Å². The second-order valence-electron chi connectivity index (χ2n) is 9.36. The maximum atomic E-state index is 12.0. The van der Waals surface area contributed by atoms with E-state index in [9.17, 15) is 4.79 Å². The summed E-state index contributed by atoms with van der Waals surface area (Å²) < 4.78 is 16.1. The first-order chi connectivity index (χ1) is 16.6. The summed E-state index contributed by atoms with van der Waals surface area (Å²) in [5, 5.41) is 4.21. The second kappa shape index (κ2) is 9.89. The normalized spacial score (nSPS) is 23.3. The molecule has 3 atom stereocenters. The predicted octanol–water partition coefficient (Wildman–Crippen LogP) is 3.32. The number of hydrogen-bond donors (Lipinski definition) is 1. The van der Waals surface area contributed by atoms with Gasteiger partial charge in [-0.25, -0.2) is 0 Å². The van der Waals surface area contributed by atoms with Crippen molar-refractivity contribution in [2.45, 2.75) is 38.3 Å². The number of amides is 1. The van der Waals surface area contributed by atoms with Gasteiger partial charge >= 0.3 is 6.01 Å². The maximum absolute atomic E-state index is 12.0. The Hall–Kier alpha value is -3.33. The molecule has 2 fully saturated rings. The van der Waals surface area contributed by atoms with Gasteiger partial charge < -0.3 is 24.3 Å². The highest BCUT2D eigenvalue weighted by Crippen LogP contribution is 2.34. The highest BCUT2D eigenvalue weighted by Gasteiger charge is 2.36. The summed E-state index contributed by atoms with van der Waals surface area (Å²) in [5.41, 5.74) is 7.75. The zero-order valence-electron chi connectivity index (χ0n) is 19.4.